The number of carbonyl (C=O) groups is 1. The molecule has 5 heterocycles. The molecular weight excluding hydrogens is 380 g/mol. The van der Waals surface area contributed by atoms with E-state index in [0.29, 0.717) is 23.8 Å². The summed E-state index contributed by atoms with van der Waals surface area (Å²) in [4.78, 5) is 31.3. The number of aromatic nitrogens is 6. The standard InChI is InChI=1S/C21H24N8O/c1-13-8-17(19(22-10-13)29-7-5-23-26-29)20(30)27-6-4-16-11-28(18(16)12-27)21-24-14(2)9-15(3)25-21/h5,7-10,16,18H,4,6,11-12H2,1-3H3/t16-,18-/m0/s1. The van der Waals surface area contributed by atoms with E-state index in [-0.39, 0.29) is 11.9 Å². The molecule has 0 aromatic carbocycles. The lowest BCUT2D eigenvalue weighted by Crippen LogP contribution is -2.65. The summed E-state index contributed by atoms with van der Waals surface area (Å²) in [5.74, 6) is 1.82. The van der Waals surface area contributed by atoms with Crippen LogP contribution in [0.5, 0.6) is 0 Å². The quantitative estimate of drug-likeness (QED) is 0.656. The van der Waals surface area contributed by atoms with Crippen LogP contribution in [0.1, 0.15) is 33.7 Å². The number of carbonyl (C=O) groups excluding carboxylic acids is 1. The molecule has 1 amide bonds. The molecule has 2 fully saturated rings. The van der Waals surface area contributed by atoms with Crippen LogP contribution in [0.3, 0.4) is 0 Å². The van der Waals surface area contributed by atoms with E-state index in [1.807, 2.05) is 37.8 Å². The van der Waals surface area contributed by atoms with E-state index in [4.69, 9.17) is 0 Å². The molecular formula is C21H24N8O. The average molecular weight is 404 g/mol. The number of nitrogens with zero attached hydrogens (tertiary/aromatic N) is 8. The fourth-order valence-electron chi connectivity index (χ4n) is 4.44. The van der Waals surface area contributed by atoms with E-state index in [1.54, 1.807) is 23.3 Å². The van der Waals surface area contributed by atoms with Crippen LogP contribution >= 0.6 is 0 Å². The Morgan fingerprint density at radius 3 is 2.63 bits per heavy atom. The summed E-state index contributed by atoms with van der Waals surface area (Å²) in [6.07, 6.45) is 6.00. The smallest absolute Gasteiger partial charge is 0.257 e. The molecule has 9 heteroatoms. The highest BCUT2D eigenvalue weighted by Crippen LogP contribution is 2.35. The van der Waals surface area contributed by atoms with Crippen LogP contribution in [-0.2, 0) is 0 Å². The number of amides is 1. The second kappa shape index (κ2) is 7.16. The minimum absolute atomic E-state index is 0.0247. The summed E-state index contributed by atoms with van der Waals surface area (Å²) >= 11 is 0. The number of pyridine rings is 1. The number of rotatable bonds is 3. The molecule has 3 aromatic heterocycles. The van der Waals surface area contributed by atoms with Gasteiger partial charge in [0.1, 0.15) is 0 Å². The predicted molar refractivity (Wildman–Crippen MR) is 111 cm³/mol. The second-order valence-electron chi connectivity index (χ2n) is 8.20. The van der Waals surface area contributed by atoms with Gasteiger partial charge in [-0.15, -0.1) is 5.10 Å². The topological polar surface area (TPSA) is 92.9 Å². The van der Waals surface area contributed by atoms with Crippen molar-refractivity contribution in [2.45, 2.75) is 33.2 Å². The van der Waals surface area contributed by atoms with Crippen LogP contribution in [0.15, 0.2) is 30.7 Å². The van der Waals surface area contributed by atoms with Crippen LogP contribution in [0.4, 0.5) is 5.95 Å². The first-order chi connectivity index (χ1) is 14.5. The highest BCUT2D eigenvalue weighted by molar-refractivity contribution is 5.97. The summed E-state index contributed by atoms with van der Waals surface area (Å²) in [5, 5.41) is 7.87. The monoisotopic (exact) mass is 404 g/mol. The second-order valence-corrected chi connectivity index (χ2v) is 8.20. The molecule has 2 aliphatic rings. The molecule has 9 nitrogen and oxygen atoms in total. The van der Waals surface area contributed by atoms with Gasteiger partial charge in [-0.05, 0) is 44.9 Å². The van der Waals surface area contributed by atoms with Crippen molar-refractivity contribution in [3.8, 4) is 5.82 Å². The Morgan fingerprint density at radius 2 is 1.90 bits per heavy atom. The van der Waals surface area contributed by atoms with Crippen molar-refractivity contribution >= 4 is 11.9 Å². The number of piperidine rings is 1. The molecule has 2 saturated heterocycles. The Labute approximate surface area is 174 Å². The van der Waals surface area contributed by atoms with Crippen molar-refractivity contribution in [3.05, 3.63) is 53.2 Å². The molecule has 0 radical (unpaired) electrons. The minimum Gasteiger partial charge on any atom is -0.336 e. The van der Waals surface area contributed by atoms with E-state index >= 15 is 0 Å². The van der Waals surface area contributed by atoms with E-state index in [1.165, 1.54) is 0 Å². The number of aryl methyl sites for hydroxylation is 3. The van der Waals surface area contributed by atoms with Crippen LogP contribution in [-0.4, -0.2) is 66.4 Å². The summed E-state index contributed by atoms with van der Waals surface area (Å²) in [6.45, 7) is 8.26. The summed E-state index contributed by atoms with van der Waals surface area (Å²) in [7, 11) is 0. The van der Waals surface area contributed by atoms with Gasteiger partial charge in [-0.1, -0.05) is 5.21 Å². The van der Waals surface area contributed by atoms with Crippen molar-refractivity contribution in [1.29, 1.82) is 0 Å². The van der Waals surface area contributed by atoms with E-state index in [9.17, 15) is 4.79 Å². The molecule has 154 valence electrons. The van der Waals surface area contributed by atoms with Crippen LogP contribution in [0, 0.1) is 26.7 Å². The van der Waals surface area contributed by atoms with Gasteiger partial charge in [0.15, 0.2) is 5.82 Å². The fraction of sp³-hybridized carbons (Fsp3) is 0.429. The highest BCUT2D eigenvalue weighted by Gasteiger charge is 2.45. The molecule has 5 rings (SSSR count). The normalized spacial score (nSPS) is 20.6. The molecule has 0 aliphatic carbocycles. The number of hydrogen-bond donors (Lipinski definition) is 0. The van der Waals surface area contributed by atoms with Crippen LogP contribution in [0.2, 0.25) is 0 Å². The average Bonchev–Trinajstić information content (AvgIpc) is 3.22. The number of likely N-dealkylation sites (tertiary alicyclic amines) is 1. The molecule has 30 heavy (non-hydrogen) atoms. The lowest BCUT2D eigenvalue weighted by Gasteiger charge is -2.53. The van der Waals surface area contributed by atoms with Crippen LogP contribution in [0.25, 0.3) is 5.82 Å². The van der Waals surface area contributed by atoms with Crippen molar-refractivity contribution in [3.63, 3.8) is 0 Å². The number of hydrogen-bond acceptors (Lipinski definition) is 7. The fourth-order valence-corrected chi connectivity index (χ4v) is 4.44. The minimum atomic E-state index is -0.0247. The van der Waals surface area contributed by atoms with Gasteiger partial charge in [0.05, 0.1) is 24.0 Å². The molecule has 0 saturated carbocycles. The van der Waals surface area contributed by atoms with Crippen molar-refractivity contribution in [1.82, 2.24) is 34.8 Å². The van der Waals surface area contributed by atoms with E-state index in [2.05, 4.69) is 30.2 Å². The Balaban J connectivity index is 1.40. The van der Waals surface area contributed by atoms with E-state index in [0.717, 1.165) is 42.4 Å². The van der Waals surface area contributed by atoms with Gasteiger partial charge >= 0.3 is 0 Å². The third-order valence-electron chi connectivity index (χ3n) is 5.94. The van der Waals surface area contributed by atoms with Gasteiger partial charge in [0, 0.05) is 43.1 Å². The molecule has 2 atom stereocenters. The first kappa shape index (κ1) is 18.7. The Kier molecular flexibility index (Phi) is 4.45. The maximum Gasteiger partial charge on any atom is 0.257 e. The van der Waals surface area contributed by atoms with E-state index < -0.39 is 0 Å². The Hall–Kier alpha value is -3.36. The van der Waals surface area contributed by atoms with Crippen molar-refractivity contribution in [2.24, 2.45) is 5.92 Å². The zero-order chi connectivity index (χ0) is 20.8. The van der Waals surface area contributed by atoms with Gasteiger partial charge in [0.2, 0.25) is 5.95 Å². The third kappa shape index (κ3) is 3.20. The maximum atomic E-state index is 13.5. The van der Waals surface area contributed by atoms with Crippen molar-refractivity contribution < 1.29 is 4.79 Å². The third-order valence-corrected chi connectivity index (χ3v) is 5.94. The molecule has 3 aromatic rings. The molecule has 0 spiro atoms. The maximum absolute atomic E-state index is 13.5. The van der Waals surface area contributed by atoms with Gasteiger partial charge in [0.25, 0.3) is 5.91 Å². The van der Waals surface area contributed by atoms with Crippen LogP contribution < -0.4 is 4.90 Å². The lowest BCUT2D eigenvalue weighted by atomic mass is 9.82. The molecule has 2 aliphatic heterocycles. The van der Waals surface area contributed by atoms with Gasteiger partial charge in [-0.25, -0.2) is 19.6 Å². The highest BCUT2D eigenvalue weighted by atomic mass is 16.2. The zero-order valence-electron chi connectivity index (χ0n) is 17.4. The summed E-state index contributed by atoms with van der Waals surface area (Å²) < 4.78 is 1.54. The Bertz CT molecular complexity index is 1080. The SMILES string of the molecule is Cc1cnc(-n2ccnn2)c(C(=O)N2CC[C@H]3CN(c4nc(C)cc(C)n4)[C@H]3C2)c1. The Morgan fingerprint density at radius 1 is 1.10 bits per heavy atom. The predicted octanol–water partition coefficient (Wildman–Crippen LogP) is 1.73. The molecule has 0 N–H and O–H groups in total. The molecule has 0 bridgehead atoms. The lowest BCUT2D eigenvalue weighted by molar-refractivity contribution is 0.0588. The summed E-state index contributed by atoms with van der Waals surface area (Å²) in [5.41, 5.74) is 3.42. The van der Waals surface area contributed by atoms with Crippen molar-refractivity contribution in [2.75, 3.05) is 24.5 Å². The zero-order valence-corrected chi connectivity index (χ0v) is 17.4. The first-order valence-corrected chi connectivity index (χ1v) is 10.2. The van der Waals surface area contributed by atoms with Gasteiger partial charge < -0.3 is 9.80 Å². The number of fused-ring (bicyclic) bond motifs is 1. The largest absolute Gasteiger partial charge is 0.336 e. The molecule has 0 unspecified atom stereocenters. The van der Waals surface area contributed by atoms with Gasteiger partial charge in [-0.3, -0.25) is 4.79 Å². The first-order valence-electron chi connectivity index (χ1n) is 10.2. The van der Waals surface area contributed by atoms with Gasteiger partial charge in [-0.2, -0.15) is 0 Å². The summed E-state index contributed by atoms with van der Waals surface area (Å²) in [6, 6.07) is 4.11. The number of anilines is 1.